The number of allylic oxidation sites excluding steroid dienone is 1. The quantitative estimate of drug-likeness (QED) is 0.536. The van der Waals surface area contributed by atoms with Crippen molar-refractivity contribution < 1.29 is 17.9 Å². The van der Waals surface area contributed by atoms with Gasteiger partial charge in [-0.2, -0.15) is 0 Å². The first-order chi connectivity index (χ1) is 7.03. The molecule has 4 nitrogen and oxygen atoms in total. The van der Waals surface area contributed by atoms with Crippen molar-refractivity contribution in [2.75, 3.05) is 18.6 Å². The fourth-order valence-corrected chi connectivity index (χ4v) is 3.19. The minimum Gasteiger partial charge on any atom is -0.466 e. The number of hydrogen-bond acceptors (Lipinski definition) is 4. The van der Waals surface area contributed by atoms with Gasteiger partial charge in [-0.05, 0) is 25.2 Å². The molecule has 0 saturated carbocycles. The molecule has 0 N–H and O–H groups in total. The first-order valence-corrected chi connectivity index (χ1v) is 6.80. The number of hydrogen-bond donors (Lipinski definition) is 0. The Labute approximate surface area is 90.2 Å². The maximum atomic E-state index is 11.1. The Bertz CT molecular complexity index is 328. The summed E-state index contributed by atoms with van der Waals surface area (Å²) in [4.78, 5) is 10.8. The largest absolute Gasteiger partial charge is 0.466 e. The van der Waals surface area contributed by atoms with Gasteiger partial charge in [-0.1, -0.05) is 6.08 Å². The third-order valence-corrected chi connectivity index (χ3v) is 4.31. The summed E-state index contributed by atoms with van der Waals surface area (Å²) in [5.41, 5.74) is 0. The molecule has 0 radical (unpaired) electrons. The molecular weight excluding hydrogens is 216 g/mol. The van der Waals surface area contributed by atoms with E-state index >= 15 is 0 Å². The molecular formula is C10H16O4S. The van der Waals surface area contributed by atoms with Crippen LogP contribution in [0.5, 0.6) is 0 Å². The molecule has 0 spiro atoms. The van der Waals surface area contributed by atoms with Crippen LogP contribution in [0.25, 0.3) is 0 Å². The maximum absolute atomic E-state index is 11.1. The van der Waals surface area contributed by atoms with E-state index in [-0.39, 0.29) is 17.5 Å². The van der Waals surface area contributed by atoms with Crippen LogP contribution in [0.3, 0.4) is 0 Å². The molecule has 15 heavy (non-hydrogen) atoms. The number of sulfone groups is 1. The molecule has 0 unspecified atom stereocenters. The van der Waals surface area contributed by atoms with Crippen LogP contribution in [0.15, 0.2) is 12.2 Å². The van der Waals surface area contributed by atoms with Crippen LogP contribution in [-0.2, 0) is 19.4 Å². The van der Waals surface area contributed by atoms with Crippen molar-refractivity contribution in [1.82, 2.24) is 0 Å². The van der Waals surface area contributed by atoms with Crippen LogP contribution in [0.4, 0.5) is 0 Å². The van der Waals surface area contributed by atoms with Crippen LogP contribution >= 0.6 is 0 Å². The average Bonchev–Trinajstić information content (AvgIpc) is 2.20. The molecule has 0 atom stereocenters. The highest BCUT2D eigenvalue weighted by molar-refractivity contribution is 7.91. The highest BCUT2D eigenvalue weighted by Gasteiger charge is 2.22. The Morgan fingerprint density at radius 3 is 2.53 bits per heavy atom. The molecule has 1 rings (SSSR count). The number of rotatable bonds is 3. The molecule has 0 aromatic carbocycles. The summed E-state index contributed by atoms with van der Waals surface area (Å²) in [5, 5.41) is 0. The van der Waals surface area contributed by atoms with Crippen LogP contribution in [-0.4, -0.2) is 33.0 Å². The summed E-state index contributed by atoms with van der Waals surface area (Å²) < 4.78 is 26.7. The molecule has 5 heteroatoms. The van der Waals surface area contributed by atoms with E-state index in [2.05, 4.69) is 4.74 Å². The zero-order valence-corrected chi connectivity index (χ0v) is 9.63. The van der Waals surface area contributed by atoms with Gasteiger partial charge in [0.25, 0.3) is 0 Å². The summed E-state index contributed by atoms with van der Waals surface area (Å²) in [7, 11) is -1.44. The smallest absolute Gasteiger partial charge is 0.330 e. The van der Waals surface area contributed by atoms with Gasteiger partial charge in [0.15, 0.2) is 0 Å². The van der Waals surface area contributed by atoms with Crippen molar-refractivity contribution in [2.24, 2.45) is 5.92 Å². The lowest BCUT2D eigenvalue weighted by Gasteiger charge is -2.20. The monoisotopic (exact) mass is 232 g/mol. The highest BCUT2D eigenvalue weighted by atomic mass is 32.2. The van der Waals surface area contributed by atoms with Crippen molar-refractivity contribution >= 4 is 15.8 Å². The highest BCUT2D eigenvalue weighted by Crippen LogP contribution is 2.22. The summed E-state index contributed by atoms with van der Waals surface area (Å²) >= 11 is 0. The van der Waals surface area contributed by atoms with Gasteiger partial charge in [0.2, 0.25) is 0 Å². The minimum absolute atomic E-state index is 0.281. The SMILES string of the molecule is COC(=O)/C=C\CC1CCS(=O)(=O)CC1. The van der Waals surface area contributed by atoms with E-state index in [4.69, 9.17) is 0 Å². The molecule has 1 aliphatic rings. The van der Waals surface area contributed by atoms with Crippen LogP contribution in [0, 0.1) is 5.92 Å². The van der Waals surface area contributed by atoms with E-state index in [1.54, 1.807) is 6.08 Å². The van der Waals surface area contributed by atoms with Crippen LogP contribution in [0.2, 0.25) is 0 Å². The van der Waals surface area contributed by atoms with E-state index < -0.39 is 9.84 Å². The normalized spacial score (nSPS) is 21.7. The van der Waals surface area contributed by atoms with Crippen molar-refractivity contribution in [2.45, 2.75) is 19.3 Å². The zero-order valence-electron chi connectivity index (χ0n) is 8.81. The summed E-state index contributed by atoms with van der Waals surface area (Å²) in [5.74, 6) is 0.584. The molecule has 0 aliphatic carbocycles. The van der Waals surface area contributed by atoms with Gasteiger partial charge in [0, 0.05) is 6.08 Å². The molecule has 0 aromatic rings. The lowest BCUT2D eigenvalue weighted by atomic mass is 9.99. The average molecular weight is 232 g/mol. The predicted octanol–water partition coefficient (Wildman–Crippen LogP) is 0.930. The number of ether oxygens (including phenoxy) is 1. The summed E-state index contributed by atoms with van der Waals surface area (Å²) in [6.45, 7) is 0. The second-order valence-electron chi connectivity index (χ2n) is 3.76. The molecule has 1 heterocycles. The van der Waals surface area contributed by atoms with Crippen molar-refractivity contribution in [3.63, 3.8) is 0 Å². The van der Waals surface area contributed by atoms with Crippen molar-refractivity contribution in [3.8, 4) is 0 Å². The van der Waals surface area contributed by atoms with E-state index in [0.717, 1.165) is 6.42 Å². The third-order valence-electron chi connectivity index (χ3n) is 2.60. The third kappa shape index (κ3) is 4.46. The topological polar surface area (TPSA) is 60.4 Å². The molecule has 0 amide bonds. The van der Waals surface area contributed by atoms with E-state index in [1.165, 1.54) is 13.2 Å². The molecule has 0 bridgehead atoms. The molecule has 1 aliphatic heterocycles. The molecule has 86 valence electrons. The van der Waals surface area contributed by atoms with Gasteiger partial charge >= 0.3 is 5.97 Å². The molecule has 0 aromatic heterocycles. The Balaban J connectivity index is 2.31. The Kier molecular flexibility index (Phi) is 4.32. The molecule has 1 saturated heterocycles. The number of esters is 1. The number of carbonyl (C=O) groups excluding carboxylic acids is 1. The van der Waals surface area contributed by atoms with E-state index in [0.29, 0.717) is 18.8 Å². The summed E-state index contributed by atoms with van der Waals surface area (Å²) in [6.07, 6.45) is 5.31. The lowest BCUT2D eigenvalue weighted by Crippen LogP contribution is -2.22. The Morgan fingerprint density at radius 2 is 2.00 bits per heavy atom. The Morgan fingerprint density at radius 1 is 1.40 bits per heavy atom. The first kappa shape index (κ1) is 12.2. The van der Waals surface area contributed by atoms with Crippen molar-refractivity contribution in [3.05, 3.63) is 12.2 Å². The van der Waals surface area contributed by atoms with Gasteiger partial charge in [-0.15, -0.1) is 0 Å². The first-order valence-electron chi connectivity index (χ1n) is 4.98. The van der Waals surface area contributed by atoms with Gasteiger partial charge in [0.1, 0.15) is 9.84 Å². The van der Waals surface area contributed by atoms with Crippen LogP contribution < -0.4 is 0 Å². The van der Waals surface area contributed by atoms with E-state index in [1.807, 2.05) is 0 Å². The van der Waals surface area contributed by atoms with Crippen molar-refractivity contribution in [1.29, 1.82) is 0 Å². The number of methoxy groups -OCH3 is 1. The van der Waals surface area contributed by atoms with Gasteiger partial charge in [-0.25, -0.2) is 13.2 Å². The van der Waals surface area contributed by atoms with Gasteiger partial charge in [0.05, 0.1) is 18.6 Å². The second-order valence-corrected chi connectivity index (χ2v) is 6.06. The lowest BCUT2D eigenvalue weighted by molar-refractivity contribution is -0.134. The number of carbonyl (C=O) groups is 1. The van der Waals surface area contributed by atoms with Gasteiger partial charge < -0.3 is 4.74 Å². The Hall–Kier alpha value is -0.840. The zero-order chi connectivity index (χ0) is 11.3. The van der Waals surface area contributed by atoms with Gasteiger partial charge in [-0.3, -0.25) is 0 Å². The minimum atomic E-state index is -2.78. The fraction of sp³-hybridized carbons (Fsp3) is 0.700. The van der Waals surface area contributed by atoms with Crippen LogP contribution in [0.1, 0.15) is 19.3 Å². The maximum Gasteiger partial charge on any atom is 0.330 e. The fourth-order valence-electron chi connectivity index (χ4n) is 1.60. The van der Waals surface area contributed by atoms with E-state index in [9.17, 15) is 13.2 Å². The predicted molar refractivity (Wildman–Crippen MR) is 57.2 cm³/mol. The molecule has 1 fully saturated rings. The second kappa shape index (κ2) is 5.30. The standard InChI is InChI=1S/C10H16O4S/c1-14-10(11)4-2-3-9-5-7-15(12,13)8-6-9/h2,4,9H,3,5-8H2,1H3/b4-2-. The summed E-state index contributed by atoms with van der Waals surface area (Å²) in [6, 6.07) is 0.